The largest absolute Gasteiger partial charge is 0.493 e. The third kappa shape index (κ3) is 2.60. The van der Waals surface area contributed by atoms with Crippen LogP contribution in [0.25, 0.3) is 10.9 Å². The molecule has 3 aromatic rings. The number of hydrogen-bond acceptors (Lipinski definition) is 6. The number of anilines is 2. The van der Waals surface area contributed by atoms with E-state index in [1.165, 1.54) is 5.56 Å². The second-order valence-corrected chi connectivity index (χ2v) is 5.16. The van der Waals surface area contributed by atoms with Crippen LogP contribution in [0.2, 0.25) is 0 Å². The zero-order valence-electron chi connectivity index (χ0n) is 12.4. The monoisotopic (exact) mass is 297 g/mol. The van der Waals surface area contributed by atoms with E-state index in [0.29, 0.717) is 5.95 Å². The van der Waals surface area contributed by atoms with Gasteiger partial charge in [0.15, 0.2) is 0 Å². The van der Waals surface area contributed by atoms with Gasteiger partial charge in [0, 0.05) is 5.39 Å². The number of rotatable bonds is 2. The van der Waals surface area contributed by atoms with Crippen molar-refractivity contribution in [2.45, 2.75) is 20.8 Å². The SMILES string of the molecule is Cc1cc2nc(Nc3nc(O)cc(=O)[nH]3)nc(C)c2cc1C. The third-order valence-electron chi connectivity index (χ3n) is 3.46. The molecular weight excluding hydrogens is 282 g/mol. The van der Waals surface area contributed by atoms with Crippen LogP contribution in [-0.4, -0.2) is 25.0 Å². The molecule has 0 saturated heterocycles. The summed E-state index contributed by atoms with van der Waals surface area (Å²) in [5.74, 6) is 0.0322. The van der Waals surface area contributed by atoms with Gasteiger partial charge >= 0.3 is 0 Å². The molecule has 2 aromatic heterocycles. The molecule has 7 nitrogen and oxygen atoms in total. The number of nitrogens with zero attached hydrogens (tertiary/aromatic N) is 3. The molecule has 0 aliphatic rings. The van der Waals surface area contributed by atoms with Crippen molar-refractivity contribution >= 4 is 22.8 Å². The zero-order valence-corrected chi connectivity index (χ0v) is 12.4. The molecule has 3 rings (SSSR count). The highest BCUT2D eigenvalue weighted by Gasteiger charge is 2.08. The van der Waals surface area contributed by atoms with Crippen LogP contribution in [0.5, 0.6) is 5.88 Å². The number of aromatic nitrogens is 4. The fourth-order valence-corrected chi connectivity index (χ4v) is 2.21. The fourth-order valence-electron chi connectivity index (χ4n) is 2.21. The Kier molecular flexibility index (Phi) is 3.25. The second-order valence-electron chi connectivity index (χ2n) is 5.16. The summed E-state index contributed by atoms with van der Waals surface area (Å²) in [6.45, 7) is 5.96. The average Bonchev–Trinajstić information content (AvgIpc) is 2.40. The van der Waals surface area contributed by atoms with E-state index in [1.807, 2.05) is 26.8 Å². The van der Waals surface area contributed by atoms with Crippen LogP contribution < -0.4 is 10.9 Å². The molecule has 0 unspecified atom stereocenters. The number of nitrogens with one attached hydrogen (secondary N) is 2. The van der Waals surface area contributed by atoms with Crippen molar-refractivity contribution in [1.29, 1.82) is 0 Å². The lowest BCUT2D eigenvalue weighted by Crippen LogP contribution is -2.10. The van der Waals surface area contributed by atoms with E-state index in [0.717, 1.165) is 28.2 Å². The Hall–Kier alpha value is -2.96. The summed E-state index contributed by atoms with van der Waals surface area (Å²) >= 11 is 0. The lowest BCUT2D eigenvalue weighted by molar-refractivity contribution is 0.452. The van der Waals surface area contributed by atoms with Gasteiger partial charge in [0.25, 0.3) is 5.56 Å². The summed E-state index contributed by atoms with van der Waals surface area (Å²) < 4.78 is 0. The molecule has 22 heavy (non-hydrogen) atoms. The van der Waals surface area contributed by atoms with Crippen molar-refractivity contribution in [2.75, 3.05) is 5.32 Å². The molecular formula is C15H15N5O2. The predicted molar refractivity (Wildman–Crippen MR) is 83.6 cm³/mol. The van der Waals surface area contributed by atoms with E-state index in [-0.39, 0.29) is 11.8 Å². The maximum absolute atomic E-state index is 11.3. The number of benzene rings is 1. The first-order chi connectivity index (χ1) is 10.4. The van der Waals surface area contributed by atoms with E-state index in [1.54, 1.807) is 0 Å². The number of fused-ring (bicyclic) bond motifs is 1. The Balaban J connectivity index is 2.08. The standard InChI is InChI=1S/C15H15N5O2/c1-7-4-10-9(3)16-14(17-11(10)5-8(7)2)20-15-18-12(21)6-13(22)19-15/h4-6H,1-3H3,(H3,16,17,18,19,20,21,22). The summed E-state index contributed by atoms with van der Waals surface area (Å²) in [7, 11) is 0. The quantitative estimate of drug-likeness (QED) is 0.669. The topological polar surface area (TPSA) is 104 Å². The molecule has 0 amide bonds. The van der Waals surface area contributed by atoms with Crippen molar-refractivity contribution < 1.29 is 5.11 Å². The van der Waals surface area contributed by atoms with Gasteiger partial charge in [-0.05, 0) is 44.0 Å². The number of aryl methyl sites for hydroxylation is 3. The maximum atomic E-state index is 11.3. The number of aromatic amines is 1. The molecule has 0 bridgehead atoms. The van der Waals surface area contributed by atoms with Gasteiger partial charge in [-0.25, -0.2) is 9.97 Å². The van der Waals surface area contributed by atoms with E-state index in [2.05, 4.69) is 31.3 Å². The minimum absolute atomic E-state index is 0.0904. The fraction of sp³-hybridized carbons (Fsp3) is 0.200. The Morgan fingerprint density at radius 1 is 1.05 bits per heavy atom. The van der Waals surface area contributed by atoms with Gasteiger partial charge < -0.3 is 5.11 Å². The Labute approximate surface area is 126 Å². The molecule has 0 aliphatic heterocycles. The van der Waals surface area contributed by atoms with Crippen molar-refractivity contribution in [2.24, 2.45) is 0 Å². The molecule has 3 N–H and O–H groups in total. The molecule has 112 valence electrons. The van der Waals surface area contributed by atoms with Gasteiger partial charge in [0.1, 0.15) is 0 Å². The van der Waals surface area contributed by atoms with Crippen molar-refractivity contribution in [3.8, 4) is 5.88 Å². The van der Waals surface area contributed by atoms with E-state index >= 15 is 0 Å². The zero-order chi connectivity index (χ0) is 15.9. The third-order valence-corrected chi connectivity index (χ3v) is 3.46. The molecule has 0 radical (unpaired) electrons. The maximum Gasteiger partial charge on any atom is 0.256 e. The molecule has 1 aromatic carbocycles. The summed E-state index contributed by atoms with van der Waals surface area (Å²) in [4.78, 5) is 26.4. The van der Waals surface area contributed by atoms with Crippen molar-refractivity contribution in [1.82, 2.24) is 19.9 Å². The normalized spacial score (nSPS) is 10.9. The van der Waals surface area contributed by atoms with Crippen LogP contribution in [0.4, 0.5) is 11.9 Å². The smallest absolute Gasteiger partial charge is 0.256 e. The van der Waals surface area contributed by atoms with Gasteiger partial charge in [0.05, 0.1) is 17.3 Å². The molecule has 0 fully saturated rings. The van der Waals surface area contributed by atoms with Crippen LogP contribution in [-0.2, 0) is 0 Å². The molecule has 0 spiro atoms. The van der Waals surface area contributed by atoms with Crippen LogP contribution in [0, 0.1) is 20.8 Å². The molecule has 0 aliphatic carbocycles. The number of aromatic hydroxyl groups is 1. The van der Waals surface area contributed by atoms with Crippen LogP contribution in [0.15, 0.2) is 23.0 Å². The van der Waals surface area contributed by atoms with E-state index in [9.17, 15) is 9.90 Å². The molecule has 7 heteroatoms. The molecule has 0 saturated carbocycles. The Morgan fingerprint density at radius 3 is 2.50 bits per heavy atom. The molecule has 0 atom stereocenters. The second kappa shape index (κ2) is 5.10. The summed E-state index contributed by atoms with van der Waals surface area (Å²) in [5, 5.41) is 13.1. The highest BCUT2D eigenvalue weighted by Crippen LogP contribution is 2.22. The highest BCUT2D eigenvalue weighted by atomic mass is 16.3. The van der Waals surface area contributed by atoms with Gasteiger partial charge in [-0.3, -0.25) is 15.1 Å². The van der Waals surface area contributed by atoms with Gasteiger partial charge in [-0.2, -0.15) is 4.98 Å². The van der Waals surface area contributed by atoms with Crippen LogP contribution in [0.1, 0.15) is 16.8 Å². The number of H-pyrrole nitrogens is 1. The van der Waals surface area contributed by atoms with Gasteiger partial charge in [-0.1, -0.05) is 0 Å². The summed E-state index contributed by atoms with van der Waals surface area (Å²) in [6.07, 6.45) is 0. The highest BCUT2D eigenvalue weighted by molar-refractivity contribution is 5.83. The first kappa shape index (κ1) is 14.0. The molecule has 2 heterocycles. The van der Waals surface area contributed by atoms with Crippen molar-refractivity contribution in [3.05, 3.63) is 45.4 Å². The van der Waals surface area contributed by atoms with Crippen molar-refractivity contribution in [3.63, 3.8) is 0 Å². The van der Waals surface area contributed by atoms with E-state index in [4.69, 9.17) is 0 Å². The Morgan fingerprint density at radius 2 is 1.77 bits per heavy atom. The average molecular weight is 297 g/mol. The van der Waals surface area contributed by atoms with E-state index < -0.39 is 5.56 Å². The van der Waals surface area contributed by atoms with Gasteiger partial charge in [-0.15, -0.1) is 0 Å². The summed E-state index contributed by atoms with van der Waals surface area (Å²) in [5.41, 5.74) is 3.48. The first-order valence-electron chi connectivity index (χ1n) is 6.75. The lowest BCUT2D eigenvalue weighted by atomic mass is 10.1. The number of hydrogen-bond donors (Lipinski definition) is 3. The minimum Gasteiger partial charge on any atom is -0.493 e. The summed E-state index contributed by atoms with van der Waals surface area (Å²) in [6, 6.07) is 5.03. The van der Waals surface area contributed by atoms with Gasteiger partial charge in [0.2, 0.25) is 17.8 Å². The predicted octanol–water partition coefficient (Wildman–Crippen LogP) is 2.09. The Bertz CT molecular complexity index is 933. The van der Waals surface area contributed by atoms with Crippen LogP contribution >= 0.6 is 0 Å². The van der Waals surface area contributed by atoms with Crippen LogP contribution in [0.3, 0.4) is 0 Å². The minimum atomic E-state index is -0.459. The first-order valence-corrected chi connectivity index (χ1v) is 6.75. The lowest BCUT2D eigenvalue weighted by Gasteiger charge is -2.09.